The topological polar surface area (TPSA) is 49.6 Å². The summed E-state index contributed by atoms with van der Waals surface area (Å²) in [6.07, 6.45) is 0. The Morgan fingerprint density at radius 2 is 1.50 bits per heavy atom. The minimum absolute atomic E-state index is 0.0798. The highest BCUT2D eigenvalue weighted by Gasteiger charge is 2.30. The first-order valence-electron chi connectivity index (χ1n) is 9.97. The largest absolute Gasteiger partial charge is 0.399 e. The van der Waals surface area contributed by atoms with E-state index in [2.05, 4.69) is 0 Å². The summed E-state index contributed by atoms with van der Waals surface area (Å²) in [5.41, 5.74) is 8.07. The molecule has 3 aromatic carbocycles. The number of amides is 1. The molecule has 0 spiro atoms. The van der Waals surface area contributed by atoms with Crippen molar-refractivity contribution < 1.29 is 9.18 Å². The lowest BCUT2D eigenvalue weighted by Gasteiger charge is -2.37. The molecule has 0 saturated carbocycles. The average Bonchev–Trinajstić information content (AvgIpc) is 2.79. The van der Waals surface area contributed by atoms with Crippen molar-refractivity contribution in [2.24, 2.45) is 0 Å². The second-order valence-electron chi connectivity index (χ2n) is 7.24. The zero-order valence-corrected chi connectivity index (χ0v) is 17.4. The van der Waals surface area contributed by atoms with Gasteiger partial charge in [-0.3, -0.25) is 4.79 Å². The van der Waals surface area contributed by atoms with Crippen molar-refractivity contribution in [3.8, 4) is 0 Å². The Kier molecular flexibility index (Phi) is 6.23. The van der Waals surface area contributed by atoms with Crippen LogP contribution in [0, 0.1) is 5.82 Å². The Bertz CT molecular complexity index is 989. The van der Waals surface area contributed by atoms with Crippen LogP contribution >= 0.6 is 11.8 Å². The van der Waals surface area contributed by atoms with Gasteiger partial charge in [0.15, 0.2) is 0 Å². The van der Waals surface area contributed by atoms with E-state index in [0.29, 0.717) is 37.6 Å². The molecule has 1 unspecified atom stereocenters. The Balaban J connectivity index is 1.49. The molecule has 2 N–H and O–H groups in total. The molecule has 1 fully saturated rings. The lowest BCUT2D eigenvalue weighted by Crippen LogP contribution is -2.50. The molecule has 1 saturated heterocycles. The van der Waals surface area contributed by atoms with Gasteiger partial charge in [-0.05, 0) is 42.0 Å². The van der Waals surface area contributed by atoms with E-state index in [0.717, 1.165) is 10.5 Å². The minimum atomic E-state index is -0.338. The number of rotatable bonds is 5. The molecule has 0 aromatic heterocycles. The van der Waals surface area contributed by atoms with Gasteiger partial charge in [0.05, 0.1) is 5.69 Å². The third-order valence-electron chi connectivity index (χ3n) is 5.25. The van der Waals surface area contributed by atoms with Crippen LogP contribution in [0.15, 0.2) is 83.8 Å². The van der Waals surface area contributed by atoms with Gasteiger partial charge in [-0.1, -0.05) is 42.5 Å². The van der Waals surface area contributed by atoms with Gasteiger partial charge in [-0.2, -0.15) is 0 Å². The predicted molar refractivity (Wildman–Crippen MR) is 121 cm³/mol. The molecule has 4 nitrogen and oxygen atoms in total. The summed E-state index contributed by atoms with van der Waals surface area (Å²) in [4.78, 5) is 18.4. The lowest BCUT2D eigenvalue weighted by molar-refractivity contribution is -0.131. The number of nitrogen functional groups attached to an aromatic ring is 1. The second kappa shape index (κ2) is 9.22. The Morgan fingerprint density at radius 3 is 2.17 bits per heavy atom. The van der Waals surface area contributed by atoms with E-state index in [9.17, 15) is 9.18 Å². The fraction of sp³-hybridized carbons (Fsp3) is 0.208. The van der Waals surface area contributed by atoms with Gasteiger partial charge in [0.25, 0.3) is 0 Å². The summed E-state index contributed by atoms with van der Waals surface area (Å²) in [6, 6.07) is 24.2. The van der Waals surface area contributed by atoms with E-state index in [1.165, 1.54) is 17.8 Å². The van der Waals surface area contributed by atoms with Crippen LogP contribution in [-0.4, -0.2) is 37.0 Å². The molecule has 1 aliphatic rings. The highest BCUT2D eigenvalue weighted by molar-refractivity contribution is 8.00. The van der Waals surface area contributed by atoms with E-state index < -0.39 is 0 Å². The van der Waals surface area contributed by atoms with Gasteiger partial charge in [0.1, 0.15) is 11.1 Å². The molecule has 1 atom stereocenters. The van der Waals surface area contributed by atoms with Crippen molar-refractivity contribution in [1.29, 1.82) is 0 Å². The average molecular weight is 422 g/mol. The molecule has 1 aliphatic heterocycles. The number of halogens is 1. The van der Waals surface area contributed by atoms with Crippen LogP contribution in [0.25, 0.3) is 0 Å². The number of hydrogen-bond donors (Lipinski definition) is 1. The lowest BCUT2D eigenvalue weighted by atomic mass is 10.1. The molecule has 1 heterocycles. The molecule has 30 heavy (non-hydrogen) atoms. The van der Waals surface area contributed by atoms with Crippen molar-refractivity contribution in [2.75, 3.05) is 36.8 Å². The highest BCUT2D eigenvalue weighted by Crippen LogP contribution is 2.37. The van der Waals surface area contributed by atoms with Crippen molar-refractivity contribution in [3.63, 3.8) is 0 Å². The molecular weight excluding hydrogens is 397 g/mol. The standard InChI is InChI=1S/C24H24FN3OS/c25-21-8-4-5-9-22(21)27-14-16-28(17-15-27)24(29)23(18-6-2-1-3-7-18)30-20-12-10-19(26)11-13-20/h1-13,23H,14-17,26H2. The Morgan fingerprint density at radius 1 is 0.867 bits per heavy atom. The summed E-state index contributed by atoms with van der Waals surface area (Å²) in [6.45, 7) is 2.36. The monoisotopic (exact) mass is 421 g/mol. The van der Waals surface area contributed by atoms with Gasteiger partial charge in [-0.15, -0.1) is 11.8 Å². The summed E-state index contributed by atoms with van der Waals surface area (Å²) in [7, 11) is 0. The Hall–Kier alpha value is -2.99. The SMILES string of the molecule is Nc1ccc(SC(C(=O)N2CCN(c3ccccc3F)CC2)c2ccccc2)cc1. The quantitative estimate of drug-likeness (QED) is 0.484. The Labute approximate surface area is 180 Å². The summed E-state index contributed by atoms with van der Waals surface area (Å²) >= 11 is 1.53. The molecular formula is C24H24FN3OS. The van der Waals surface area contributed by atoms with Crippen LogP contribution in [0.1, 0.15) is 10.8 Å². The molecule has 6 heteroatoms. The number of piperazine rings is 1. The number of anilines is 2. The van der Waals surface area contributed by atoms with Crippen molar-refractivity contribution >= 4 is 29.0 Å². The van der Waals surface area contributed by atoms with Crippen molar-refractivity contribution in [2.45, 2.75) is 10.1 Å². The van der Waals surface area contributed by atoms with Crippen LogP contribution in [-0.2, 0) is 4.79 Å². The van der Waals surface area contributed by atoms with E-state index in [4.69, 9.17) is 5.73 Å². The maximum atomic E-state index is 14.1. The number of hydrogen-bond acceptors (Lipinski definition) is 4. The van der Waals surface area contributed by atoms with Gasteiger partial charge < -0.3 is 15.5 Å². The first-order valence-corrected chi connectivity index (χ1v) is 10.9. The van der Waals surface area contributed by atoms with E-state index in [1.54, 1.807) is 12.1 Å². The maximum absolute atomic E-state index is 14.1. The maximum Gasteiger partial charge on any atom is 0.240 e. The first-order chi connectivity index (χ1) is 14.6. The third kappa shape index (κ3) is 4.60. The molecule has 154 valence electrons. The van der Waals surface area contributed by atoms with Crippen LogP contribution in [0.2, 0.25) is 0 Å². The number of benzene rings is 3. The zero-order valence-electron chi connectivity index (χ0n) is 16.6. The predicted octanol–water partition coefficient (Wildman–Crippen LogP) is 4.59. The third-order valence-corrected chi connectivity index (χ3v) is 6.50. The smallest absolute Gasteiger partial charge is 0.240 e. The minimum Gasteiger partial charge on any atom is -0.399 e. The summed E-state index contributed by atoms with van der Waals surface area (Å²) in [5.74, 6) is -0.144. The van der Waals surface area contributed by atoms with Gasteiger partial charge in [-0.25, -0.2) is 4.39 Å². The van der Waals surface area contributed by atoms with E-state index in [1.807, 2.05) is 70.5 Å². The molecule has 0 aliphatic carbocycles. The fourth-order valence-electron chi connectivity index (χ4n) is 3.61. The highest BCUT2D eigenvalue weighted by atomic mass is 32.2. The fourth-order valence-corrected chi connectivity index (χ4v) is 4.72. The second-order valence-corrected chi connectivity index (χ2v) is 8.42. The van der Waals surface area contributed by atoms with E-state index >= 15 is 0 Å². The molecule has 4 rings (SSSR count). The summed E-state index contributed by atoms with van der Waals surface area (Å²) < 4.78 is 14.1. The van der Waals surface area contributed by atoms with Crippen LogP contribution in [0.3, 0.4) is 0 Å². The van der Waals surface area contributed by atoms with E-state index in [-0.39, 0.29) is 17.0 Å². The molecule has 1 amide bonds. The normalized spacial score (nSPS) is 15.1. The summed E-state index contributed by atoms with van der Waals surface area (Å²) in [5, 5.41) is -0.338. The van der Waals surface area contributed by atoms with Crippen molar-refractivity contribution in [1.82, 2.24) is 4.90 Å². The van der Waals surface area contributed by atoms with Crippen LogP contribution < -0.4 is 10.6 Å². The number of para-hydroxylation sites is 1. The molecule has 0 bridgehead atoms. The number of carbonyl (C=O) groups is 1. The van der Waals surface area contributed by atoms with Gasteiger partial charge >= 0.3 is 0 Å². The number of thioether (sulfide) groups is 1. The molecule has 3 aromatic rings. The zero-order chi connectivity index (χ0) is 20.9. The van der Waals surface area contributed by atoms with Crippen molar-refractivity contribution in [3.05, 3.63) is 90.2 Å². The van der Waals surface area contributed by atoms with Gasteiger partial charge in [0.2, 0.25) is 5.91 Å². The number of nitrogens with zero attached hydrogens (tertiary/aromatic N) is 2. The van der Waals surface area contributed by atoms with Crippen LogP contribution in [0.4, 0.5) is 15.8 Å². The van der Waals surface area contributed by atoms with Gasteiger partial charge in [0, 0.05) is 36.8 Å². The first kappa shape index (κ1) is 20.3. The van der Waals surface area contributed by atoms with Crippen LogP contribution in [0.5, 0.6) is 0 Å². The number of carbonyl (C=O) groups excluding carboxylic acids is 1. The number of nitrogens with two attached hydrogens (primary N) is 1. The molecule has 0 radical (unpaired) electrons.